The maximum atomic E-state index is 13.9. The van der Waals surface area contributed by atoms with Crippen LogP contribution in [0.3, 0.4) is 0 Å². The number of aryl methyl sites for hydroxylation is 1. The molecule has 0 aliphatic carbocycles. The van der Waals surface area contributed by atoms with Crippen molar-refractivity contribution >= 4 is 64.8 Å². The van der Waals surface area contributed by atoms with E-state index in [9.17, 15) is 22.8 Å². The van der Waals surface area contributed by atoms with Gasteiger partial charge >= 0.3 is 18.3 Å². The van der Waals surface area contributed by atoms with Gasteiger partial charge in [-0.15, -0.1) is 0 Å². The van der Waals surface area contributed by atoms with E-state index < -0.39 is 59.5 Å². The number of rotatable bonds is 15. The van der Waals surface area contributed by atoms with Crippen molar-refractivity contribution in [1.82, 2.24) is 14.7 Å². The molecule has 0 saturated carbocycles. The summed E-state index contributed by atoms with van der Waals surface area (Å²) in [5.74, 6) is 0.441. The predicted octanol–water partition coefficient (Wildman–Crippen LogP) is 10.1. The highest BCUT2D eigenvalue weighted by Gasteiger charge is 2.37. The van der Waals surface area contributed by atoms with E-state index in [1.54, 1.807) is 80.5 Å². The van der Waals surface area contributed by atoms with Crippen LogP contribution in [-0.2, 0) is 35.1 Å². The largest absolute Gasteiger partial charge is 0.492 e. The van der Waals surface area contributed by atoms with Crippen LogP contribution in [0.25, 0.3) is 10.9 Å². The highest BCUT2D eigenvalue weighted by molar-refractivity contribution is 7.92. The molecule has 58 heavy (non-hydrogen) atoms. The van der Waals surface area contributed by atoms with Crippen LogP contribution < -0.4 is 9.04 Å². The summed E-state index contributed by atoms with van der Waals surface area (Å²) in [5, 5.41) is 5.29. The third kappa shape index (κ3) is 13.3. The fourth-order valence-corrected chi connectivity index (χ4v) is 10.0. The van der Waals surface area contributed by atoms with Crippen molar-refractivity contribution < 1.29 is 46.2 Å². The molecule has 0 unspecified atom stereocenters. The Morgan fingerprint density at radius 3 is 1.91 bits per heavy atom. The third-order valence-electron chi connectivity index (χ3n) is 9.08. The van der Waals surface area contributed by atoms with E-state index in [4.69, 9.17) is 35.0 Å². The molecule has 0 fully saturated rings. The lowest BCUT2D eigenvalue weighted by Gasteiger charge is -2.37. The van der Waals surface area contributed by atoms with Crippen molar-refractivity contribution in [2.75, 3.05) is 30.3 Å². The predicted molar refractivity (Wildman–Crippen MR) is 230 cm³/mol. The van der Waals surface area contributed by atoms with E-state index in [0.717, 1.165) is 35.5 Å². The number of fused-ring (bicyclic) bond motifs is 1. The zero-order valence-electron chi connectivity index (χ0n) is 36.6. The smallest absolute Gasteiger partial charge is 0.435 e. The van der Waals surface area contributed by atoms with Gasteiger partial charge in [0, 0.05) is 11.5 Å². The minimum absolute atomic E-state index is 0.00259. The number of hydrogen-bond donors (Lipinski definition) is 0. The maximum absolute atomic E-state index is 13.9. The first kappa shape index (κ1) is 48.5. The first-order valence-electron chi connectivity index (χ1n) is 19.7. The molecule has 1 heterocycles. The Balaban J connectivity index is 2.08. The molecule has 0 radical (unpaired) electrons. The Morgan fingerprint density at radius 2 is 1.40 bits per heavy atom. The molecule has 0 spiro atoms. The van der Waals surface area contributed by atoms with Crippen molar-refractivity contribution in [2.24, 2.45) is 0 Å². The second-order valence-corrected chi connectivity index (χ2v) is 24.2. The first-order valence-corrected chi connectivity index (χ1v) is 24.5. The van der Waals surface area contributed by atoms with Gasteiger partial charge in [-0.3, -0.25) is 0 Å². The fraction of sp³-hybridized carbons (Fsp3) is 0.610. The number of sulfonamides is 1. The molecule has 324 valence electrons. The molecule has 0 aliphatic rings. The highest BCUT2D eigenvalue weighted by Crippen LogP contribution is 2.37. The quantitative estimate of drug-likeness (QED) is 0.106. The van der Waals surface area contributed by atoms with E-state index in [1.807, 2.05) is 13.0 Å². The summed E-state index contributed by atoms with van der Waals surface area (Å²) in [6.45, 7) is 23.8. The topological polar surface area (TPSA) is 156 Å². The van der Waals surface area contributed by atoms with Crippen molar-refractivity contribution in [1.29, 1.82) is 0 Å². The molecule has 14 nitrogen and oxygen atoms in total. The van der Waals surface area contributed by atoms with Crippen molar-refractivity contribution in [3.05, 3.63) is 52.7 Å². The van der Waals surface area contributed by atoms with Gasteiger partial charge in [-0.1, -0.05) is 45.4 Å². The van der Waals surface area contributed by atoms with Crippen molar-refractivity contribution in [2.45, 2.75) is 137 Å². The summed E-state index contributed by atoms with van der Waals surface area (Å²) in [5.41, 5.74) is -0.920. The summed E-state index contributed by atoms with van der Waals surface area (Å²) in [6, 6.07) is 12.4. The van der Waals surface area contributed by atoms with Gasteiger partial charge in [0.05, 0.1) is 47.4 Å². The van der Waals surface area contributed by atoms with Gasteiger partial charge in [0.1, 0.15) is 29.2 Å². The molecule has 0 saturated heterocycles. The zero-order chi connectivity index (χ0) is 44.0. The van der Waals surface area contributed by atoms with Crippen molar-refractivity contribution in [3.8, 4) is 5.75 Å². The van der Waals surface area contributed by atoms with Crippen LogP contribution in [0.5, 0.6) is 5.75 Å². The number of nitrogens with zero attached hydrogens (tertiary/aromatic N) is 4. The van der Waals surface area contributed by atoms with Crippen molar-refractivity contribution in [3.63, 3.8) is 0 Å². The molecule has 2 amide bonds. The SMILES string of the molecule is CCc1nn(C(=O)OC(C)(C)C)c2cc(OCCN(C[C@H](O[Si](CC)(CC)CC)c3ccc(Cl)c(N(C(=O)OC(C)(C)C)S(C)(=O)=O)c3)C(=O)OC(C)(C)C)ccc12. The number of benzene rings is 2. The summed E-state index contributed by atoms with van der Waals surface area (Å²) < 4.78 is 58.2. The minimum atomic E-state index is -4.22. The molecule has 17 heteroatoms. The summed E-state index contributed by atoms with van der Waals surface area (Å²) >= 11 is 6.61. The first-order chi connectivity index (χ1) is 26.7. The number of carbonyl (C=O) groups excluding carboxylic acids is 3. The Bertz CT molecular complexity index is 2020. The second kappa shape index (κ2) is 19.0. The average Bonchev–Trinajstić information content (AvgIpc) is 3.46. The molecule has 0 bridgehead atoms. The van der Waals surface area contributed by atoms with Gasteiger partial charge in [-0.25, -0.2) is 22.8 Å². The van der Waals surface area contributed by atoms with Gasteiger partial charge in [-0.2, -0.15) is 14.1 Å². The fourth-order valence-electron chi connectivity index (χ4n) is 6.13. The van der Waals surface area contributed by atoms with Gasteiger partial charge < -0.3 is 28.3 Å². The number of hydrogen-bond acceptors (Lipinski definition) is 11. The molecule has 0 N–H and O–H groups in total. The van der Waals surface area contributed by atoms with E-state index in [1.165, 1.54) is 21.7 Å². The monoisotopic (exact) mass is 866 g/mol. The Hall–Kier alpha value is -3.86. The van der Waals surface area contributed by atoms with Crippen LogP contribution in [0.15, 0.2) is 36.4 Å². The van der Waals surface area contributed by atoms with Crippen LogP contribution >= 0.6 is 11.6 Å². The number of aromatic nitrogens is 2. The molecule has 1 aromatic heterocycles. The minimum Gasteiger partial charge on any atom is -0.492 e. The summed E-state index contributed by atoms with van der Waals surface area (Å²) in [4.78, 5) is 41.9. The second-order valence-electron chi connectivity index (χ2n) is 17.2. The number of carbonyl (C=O) groups is 3. The molecule has 2 aromatic carbocycles. The standard InChI is InChI=1S/C41H63ClN4O10SSi/c1-15-32-30-21-20-29(26-33(30)45(43-32)37(48)54-40(8,9)10)52-24-23-44(36(47)53-39(5,6)7)27-35(56-58(16-2,17-3)18-4)28-19-22-31(42)34(25-28)46(57(14,50)51)38(49)55-41(11,12)13/h19-22,25-26,35H,15-18,23-24,27H2,1-14H3/t35-/m0/s1. The zero-order valence-corrected chi connectivity index (χ0v) is 39.2. The average molecular weight is 868 g/mol. The Morgan fingerprint density at radius 1 is 0.828 bits per heavy atom. The lowest BCUT2D eigenvalue weighted by molar-refractivity contribution is 0.0131. The molecule has 3 rings (SSSR count). The summed E-state index contributed by atoms with van der Waals surface area (Å²) in [7, 11) is -6.63. The van der Waals surface area contributed by atoms with Crippen LogP contribution in [0, 0.1) is 0 Å². The Kier molecular flexibility index (Phi) is 15.9. The number of ether oxygens (including phenoxy) is 4. The van der Waals surface area contributed by atoms with Crippen LogP contribution in [0.4, 0.5) is 20.1 Å². The van der Waals surface area contributed by atoms with E-state index in [-0.39, 0.29) is 30.4 Å². The van der Waals surface area contributed by atoms with Gasteiger partial charge in [0.25, 0.3) is 0 Å². The lowest BCUT2D eigenvalue weighted by atomic mass is 10.1. The normalized spacial score (nSPS) is 13.2. The lowest BCUT2D eigenvalue weighted by Crippen LogP contribution is -2.45. The summed E-state index contributed by atoms with van der Waals surface area (Å²) in [6.07, 6.45) is -1.64. The molecule has 3 aromatic rings. The molecular weight excluding hydrogens is 804 g/mol. The van der Waals surface area contributed by atoms with Gasteiger partial charge in [0.15, 0.2) is 8.32 Å². The van der Waals surface area contributed by atoms with E-state index in [0.29, 0.717) is 27.6 Å². The van der Waals surface area contributed by atoms with Crippen LogP contribution in [0.2, 0.25) is 23.2 Å². The van der Waals surface area contributed by atoms with Crippen LogP contribution in [0.1, 0.15) is 107 Å². The maximum Gasteiger partial charge on any atom is 0.435 e. The number of amides is 2. The molecular formula is C41H63ClN4O10SSi. The van der Waals surface area contributed by atoms with E-state index in [2.05, 4.69) is 25.9 Å². The van der Waals surface area contributed by atoms with Gasteiger partial charge in [0.2, 0.25) is 10.0 Å². The number of halogens is 1. The van der Waals surface area contributed by atoms with Crippen LogP contribution in [-0.4, -0.2) is 92.5 Å². The number of anilines is 1. The Labute approximate surface area is 350 Å². The van der Waals surface area contributed by atoms with Gasteiger partial charge in [-0.05, 0) is 117 Å². The molecule has 1 atom stereocenters. The third-order valence-corrected chi connectivity index (χ3v) is 15.1. The molecule has 0 aliphatic heterocycles. The van der Waals surface area contributed by atoms with E-state index >= 15 is 0 Å². The highest BCUT2D eigenvalue weighted by atomic mass is 35.5.